The number of hydrogen-bond acceptors (Lipinski definition) is 4. The molecular weight excluding hydrogens is 354 g/mol. The predicted molar refractivity (Wildman–Crippen MR) is 102 cm³/mol. The third kappa shape index (κ3) is 2.76. The predicted octanol–water partition coefficient (Wildman–Crippen LogP) is 5.21. The fraction of sp³-hybridized carbons (Fsp3) is 0.100. The van der Waals surface area contributed by atoms with E-state index in [1.54, 1.807) is 31.2 Å². The van der Waals surface area contributed by atoms with Gasteiger partial charge in [-0.15, -0.1) is 0 Å². The van der Waals surface area contributed by atoms with Gasteiger partial charge in [0, 0.05) is 33.8 Å². The summed E-state index contributed by atoms with van der Waals surface area (Å²) >= 11 is 6.12. The zero-order valence-corrected chi connectivity index (χ0v) is 14.6. The molecular formula is C20H14ClNO4. The van der Waals surface area contributed by atoms with Crippen LogP contribution in [0.3, 0.4) is 0 Å². The number of para-hydroxylation sites is 1. The zero-order valence-electron chi connectivity index (χ0n) is 13.8. The zero-order chi connectivity index (χ0) is 18.3. The normalized spacial score (nSPS) is 11.2. The molecule has 2 aromatic heterocycles. The van der Waals surface area contributed by atoms with Crippen molar-refractivity contribution in [2.24, 2.45) is 0 Å². The third-order valence-corrected chi connectivity index (χ3v) is 4.37. The number of hydrogen-bond donors (Lipinski definition) is 1. The summed E-state index contributed by atoms with van der Waals surface area (Å²) in [6.45, 7) is 1.77. The minimum absolute atomic E-state index is 0.150. The van der Waals surface area contributed by atoms with E-state index in [4.69, 9.17) is 20.4 Å². The standard InChI is InChI=1S/C20H14ClNO4/c1-2-17(23)22-19-12-5-3-4-6-15(12)26-20(19)14-10-18(24)25-16-8-7-11(21)9-13(14)16/h3-10H,2H2,1H3,(H,22,23). The summed E-state index contributed by atoms with van der Waals surface area (Å²) in [4.78, 5) is 24.1. The second-order valence-electron chi connectivity index (χ2n) is 5.82. The molecule has 0 saturated carbocycles. The molecule has 0 aliphatic heterocycles. The van der Waals surface area contributed by atoms with Gasteiger partial charge in [-0.2, -0.15) is 0 Å². The summed E-state index contributed by atoms with van der Waals surface area (Å²) in [5, 5.41) is 4.77. The van der Waals surface area contributed by atoms with Crippen molar-refractivity contribution in [3.05, 3.63) is 64.0 Å². The molecule has 0 spiro atoms. The molecule has 0 fully saturated rings. The van der Waals surface area contributed by atoms with Crippen LogP contribution in [-0.4, -0.2) is 5.91 Å². The van der Waals surface area contributed by atoms with E-state index in [1.807, 2.05) is 18.2 Å². The quantitative estimate of drug-likeness (QED) is 0.504. The highest BCUT2D eigenvalue weighted by molar-refractivity contribution is 6.31. The van der Waals surface area contributed by atoms with Crippen LogP contribution in [0, 0.1) is 0 Å². The maximum Gasteiger partial charge on any atom is 0.336 e. The largest absolute Gasteiger partial charge is 0.454 e. The Morgan fingerprint density at radius 2 is 1.81 bits per heavy atom. The molecule has 0 radical (unpaired) electrons. The highest BCUT2D eigenvalue weighted by Gasteiger charge is 2.20. The molecule has 1 N–H and O–H groups in total. The van der Waals surface area contributed by atoms with Crippen LogP contribution in [0.1, 0.15) is 13.3 Å². The number of benzene rings is 2. The molecule has 0 unspecified atom stereocenters. The van der Waals surface area contributed by atoms with Crippen LogP contribution in [0.25, 0.3) is 33.3 Å². The average molecular weight is 368 g/mol. The van der Waals surface area contributed by atoms with E-state index in [-0.39, 0.29) is 5.91 Å². The number of amides is 1. The molecule has 1 amide bonds. The first kappa shape index (κ1) is 16.4. The van der Waals surface area contributed by atoms with Gasteiger partial charge in [0.1, 0.15) is 11.2 Å². The van der Waals surface area contributed by atoms with Crippen LogP contribution in [0.4, 0.5) is 5.69 Å². The molecule has 0 saturated heterocycles. The summed E-state index contributed by atoms with van der Waals surface area (Å²) in [5.41, 5.74) is 1.53. The fourth-order valence-corrected chi connectivity index (χ4v) is 3.08. The molecule has 130 valence electrons. The molecule has 0 aliphatic carbocycles. The second-order valence-corrected chi connectivity index (χ2v) is 6.26. The van der Waals surface area contributed by atoms with Crippen molar-refractivity contribution in [2.75, 3.05) is 5.32 Å². The first-order valence-corrected chi connectivity index (χ1v) is 8.50. The summed E-state index contributed by atoms with van der Waals surface area (Å²) in [6.07, 6.45) is 0.322. The van der Waals surface area contributed by atoms with Gasteiger partial charge < -0.3 is 14.2 Å². The summed E-state index contributed by atoms with van der Waals surface area (Å²) in [7, 11) is 0. The van der Waals surface area contributed by atoms with Crippen LogP contribution >= 0.6 is 11.6 Å². The molecule has 2 heterocycles. The van der Waals surface area contributed by atoms with Gasteiger partial charge in [0.25, 0.3) is 0 Å². The lowest BCUT2D eigenvalue weighted by Gasteiger charge is -2.07. The Morgan fingerprint density at radius 3 is 2.62 bits per heavy atom. The molecule has 0 aliphatic rings. The smallest absolute Gasteiger partial charge is 0.336 e. The van der Waals surface area contributed by atoms with Gasteiger partial charge >= 0.3 is 5.63 Å². The van der Waals surface area contributed by atoms with Crippen LogP contribution in [0.5, 0.6) is 0 Å². The van der Waals surface area contributed by atoms with Crippen molar-refractivity contribution in [1.82, 2.24) is 0 Å². The lowest BCUT2D eigenvalue weighted by atomic mass is 10.1. The minimum atomic E-state index is -0.511. The monoisotopic (exact) mass is 367 g/mol. The van der Waals surface area contributed by atoms with E-state index < -0.39 is 5.63 Å². The van der Waals surface area contributed by atoms with Crippen molar-refractivity contribution in [1.29, 1.82) is 0 Å². The van der Waals surface area contributed by atoms with Crippen LogP contribution < -0.4 is 10.9 Å². The number of halogens is 1. The van der Waals surface area contributed by atoms with E-state index >= 15 is 0 Å². The van der Waals surface area contributed by atoms with Gasteiger partial charge in [0.05, 0.1) is 5.69 Å². The van der Waals surface area contributed by atoms with Crippen molar-refractivity contribution in [3.63, 3.8) is 0 Å². The number of nitrogens with one attached hydrogen (secondary N) is 1. The Balaban J connectivity index is 2.07. The Bertz CT molecular complexity index is 1210. The van der Waals surface area contributed by atoms with Crippen molar-refractivity contribution in [3.8, 4) is 11.3 Å². The summed E-state index contributed by atoms with van der Waals surface area (Å²) in [6, 6.07) is 13.7. The van der Waals surface area contributed by atoms with Crippen molar-refractivity contribution in [2.45, 2.75) is 13.3 Å². The van der Waals surface area contributed by atoms with Gasteiger partial charge in [-0.25, -0.2) is 4.79 Å². The van der Waals surface area contributed by atoms with Gasteiger partial charge in [-0.3, -0.25) is 4.79 Å². The van der Waals surface area contributed by atoms with E-state index in [2.05, 4.69) is 5.32 Å². The number of furan rings is 1. The van der Waals surface area contributed by atoms with Crippen LogP contribution in [0.2, 0.25) is 5.02 Å². The molecule has 2 aromatic carbocycles. The van der Waals surface area contributed by atoms with E-state index in [0.717, 1.165) is 5.39 Å². The Hall–Kier alpha value is -3.05. The minimum Gasteiger partial charge on any atom is -0.454 e. The number of anilines is 1. The highest BCUT2D eigenvalue weighted by Crippen LogP contribution is 2.40. The lowest BCUT2D eigenvalue weighted by Crippen LogP contribution is -2.10. The third-order valence-electron chi connectivity index (χ3n) is 4.13. The SMILES string of the molecule is CCC(=O)Nc1c(-c2cc(=O)oc3ccc(Cl)cc23)oc2ccccc12. The number of fused-ring (bicyclic) bond motifs is 2. The summed E-state index contributed by atoms with van der Waals surface area (Å²) in [5.74, 6) is 0.247. The number of carbonyl (C=O) groups is 1. The van der Waals surface area contributed by atoms with Gasteiger partial charge in [-0.05, 0) is 30.3 Å². The van der Waals surface area contributed by atoms with E-state index in [0.29, 0.717) is 45.0 Å². The maximum atomic E-state index is 12.0. The molecule has 0 bridgehead atoms. The highest BCUT2D eigenvalue weighted by atomic mass is 35.5. The molecule has 4 aromatic rings. The molecule has 26 heavy (non-hydrogen) atoms. The van der Waals surface area contributed by atoms with Crippen LogP contribution in [-0.2, 0) is 4.79 Å². The molecule has 4 rings (SSSR count). The molecule has 0 atom stereocenters. The van der Waals surface area contributed by atoms with Gasteiger partial charge in [0.15, 0.2) is 5.76 Å². The Kier molecular flexibility index (Phi) is 4.01. The summed E-state index contributed by atoms with van der Waals surface area (Å²) < 4.78 is 11.2. The first-order valence-electron chi connectivity index (χ1n) is 8.12. The van der Waals surface area contributed by atoms with Crippen molar-refractivity contribution < 1.29 is 13.6 Å². The number of rotatable bonds is 3. The average Bonchev–Trinajstić information content (AvgIpc) is 2.99. The fourth-order valence-electron chi connectivity index (χ4n) is 2.91. The van der Waals surface area contributed by atoms with Gasteiger partial charge in [-0.1, -0.05) is 30.7 Å². The Morgan fingerprint density at radius 1 is 1.04 bits per heavy atom. The topological polar surface area (TPSA) is 72.5 Å². The second kappa shape index (κ2) is 6.35. The lowest BCUT2D eigenvalue weighted by molar-refractivity contribution is -0.115. The van der Waals surface area contributed by atoms with E-state index in [1.165, 1.54) is 6.07 Å². The van der Waals surface area contributed by atoms with Gasteiger partial charge in [0.2, 0.25) is 5.91 Å². The van der Waals surface area contributed by atoms with E-state index in [9.17, 15) is 9.59 Å². The Labute approximate surface area is 153 Å². The van der Waals surface area contributed by atoms with Crippen molar-refractivity contribution >= 4 is 45.1 Å². The first-order chi connectivity index (χ1) is 12.6. The maximum absolute atomic E-state index is 12.0. The molecule has 5 nitrogen and oxygen atoms in total. The van der Waals surface area contributed by atoms with Crippen LogP contribution in [0.15, 0.2) is 62.2 Å². The molecule has 6 heteroatoms. The number of carbonyl (C=O) groups excluding carboxylic acids is 1.